The van der Waals surface area contributed by atoms with Gasteiger partial charge in [-0.3, -0.25) is 0 Å². The Hall–Kier alpha value is -3.30. The molecule has 1 aliphatic heterocycles. The molecule has 0 radical (unpaired) electrons. The van der Waals surface area contributed by atoms with Crippen LogP contribution in [0.3, 0.4) is 0 Å². The molecule has 4 rings (SSSR count). The van der Waals surface area contributed by atoms with Crippen molar-refractivity contribution in [1.29, 1.82) is 0 Å². The quantitative estimate of drug-likeness (QED) is 0.489. The highest BCUT2D eigenvalue weighted by molar-refractivity contribution is 7.89. The van der Waals surface area contributed by atoms with Crippen molar-refractivity contribution in [3.63, 3.8) is 0 Å². The van der Waals surface area contributed by atoms with Gasteiger partial charge in [0.2, 0.25) is 10.0 Å². The summed E-state index contributed by atoms with van der Waals surface area (Å²) in [6.07, 6.45) is -0.250. The van der Waals surface area contributed by atoms with Crippen LogP contribution in [0.4, 0.5) is 8.78 Å². The largest absolute Gasteiger partial charge is 0.496 e. The van der Waals surface area contributed by atoms with Gasteiger partial charge < -0.3 is 9.57 Å². The number of methoxy groups -OCH3 is 1. The molecule has 1 heterocycles. The third-order valence-electron chi connectivity index (χ3n) is 5.30. The van der Waals surface area contributed by atoms with E-state index in [1.807, 2.05) is 18.2 Å². The number of para-hydroxylation sites is 1. The summed E-state index contributed by atoms with van der Waals surface area (Å²) in [7, 11) is -2.44. The number of ether oxygens (including phenoxy) is 1. The van der Waals surface area contributed by atoms with Crippen molar-refractivity contribution < 1.29 is 26.8 Å². The summed E-state index contributed by atoms with van der Waals surface area (Å²) < 4.78 is 61.0. The lowest BCUT2D eigenvalue weighted by atomic mass is 10.0. The average Bonchev–Trinajstić information content (AvgIpc) is 3.29. The van der Waals surface area contributed by atoms with Gasteiger partial charge in [-0.25, -0.2) is 17.2 Å². The van der Waals surface area contributed by atoms with Gasteiger partial charge >= 0.3 is 0 Å². The van der Waals surface area contributed by atoms with Crippen LogP contribution in [-0.2, 0) is 21.4 Å². The minimum atomic E-state index is -3.99. The Bertz CT molecular complexity index is 1270. The summed E-state index contributed by atoms with van der Waals surface area (Å²) >= 11 is 0. The molecule has 172 valence electrons. The number of sulfonamides is 1. The first-order valence-electron chi connectivity index (χ1n) is 10.2. The Morgan fingerprint density at radius 1 is 1.06 bits per heavy atom. The van der Waals surface area contributed by atoms with Crippen molar-refractivity contribution in [2.45, 2.75) is 24.0 Å². The molecule has 0 N–H and O–H groups in total. The summed E-state index contributed by atoms with van der Waals surface area (Å²) in [5, 5.41) is 4.13. The zero-order valence-corrected chi connectivity index (χ0v) is 18.6. The van der Waals surface area contributed by atoms with E-state index in [9.17, 15) is 17.2 Å². The van der Waals surface area contributed by atoms with Crippen molar-refractivity contribution in [2.24, 2.45) is 5.16 Å². The van der Waals surface area contributed by atoms with Crippen LogP contribution in [0.25, 0.3) is 0 Å². The van der Waals surface area contributed by atoms with E-state index in [-0.39, 0.29) is 23.5 Å². The molecule has 3 aromatic rings. The molecule has 0 fully saturated rings. The second kappa shape index (κ2) is 9.68. The van der Waals surface area contributed by atoms with E-state index < -0.39 is 27.8 Å². The predicted molar refractivity (Wildman–Crippen MR) is 119 cm³/mol. The molecule has 0 aromatic heterocycles. The first kappa shape index (κ1) is 22.9. The van der Waals surface area contributed by atoms with Gasteiger partial charge in [-0.15, -0.1) is 0 Å². The number of rotatable bonds is 8. The summed E-state index contributed by atoms with van der Waals surface area (Å²) in [6, 6.07) is 18.3. The number of oxime groups is 1. The van der Waals surface area contributed by atoms with E-state index in [1.165, 1.54) is 18.2 Å². The third-order valence-corrected chi connectivity index (χ3v) is 7.13. The smallest absolute Gasteiger partial charge is 0.243 e. The molecular weight excluding hydrogens is 450 g/mol. The van der Waals surface area contributed by atoms with E-state index in [1.54, 1.807) is 31.4 Å². The molecule has 0 amide bonds. The lowest BCUT2D eigenvalue weighted by Gasteiger charge is -2.24. The highest BCUT2D eigenvalue weighted by Gasteiger charge is 2.32. The van der Waals surface area contributed by atoms with Gasteiger partial charge in [0.25, 0.3) is 0 Å². The molecule has 6 nitrogen and oxygen atoms in total. The topological polar surface area (TPSA) is 68.2 Å². The van der Waals surface area contributed by atoms with E-state index in [2.05, 4.69) is 5.16 Å². The Morgan fingerprint density at radius 2 is 1.79 bits per heavy atom. The molecule has 0 spiro atoms. The SMILES string of the molecule is COc1ccccc1C1=NOC(CN(Cc2ccc(F)cc2F)S(=O)(=O)c2ccccc2)C1. The molecule has 1 unspecified atom stereocenters. The van der Waals surface area contributed by atoms with Crippen molar-refractivity contribution in [3.8, 4) is 5.75 Å². The minimum absolute atomic E-state index is 0.0553. The normalized spacial score (nSPS) is 15.9. The van der Waals surface area contributed by atoms with Gasteiger partial charge in [-0.2, -0.15) is 4.31 Å². The maximum Gasteiger partial charge on any atom is 0.243 e. The second-order valence-electron chi connectivity index (χ2n) is 7.52. The monoisotopic (exact) mass is 472 g/mol. The van der Waals surface area contributed by atoms with Crippen molar-refractivity contribution >= 4 is 15.7 Å². The molecule has 0 saturated carbocycles. The van der Waals surface area contributed by atoms with Gasteiger partial charge in [0, 0.05) is 30.2 Å². The molecule has 1 aliphatic rings. The summed E-state index contributed by atoms with van der Waals surface area (Å²) in [6.45, 7) is -0.358. The maximum atomic E-state index is 14.4. The fraction of sp³-hybridized carbons (Fsp3) is 0.208. The Labute approximate surface area is 191 Å². The predicted octanol–water partition coefficient (Wildman–Crippen LogP) is 4.36. The summed E-state index contributed by atoms with van der Waals surface area (Å²) in [5.74, 6) is -0.924. The van der Waals surface area contributed by atoms with E-state index >= 15 is 0 Å². The standard InChI is InChI=1S/C24H22F2N2O4S/c1-31-24-10-6-5-9-21(24)23-14-19(32-27-23)16-28(15-17-11-12-18(25)13-22(17)26)33(29,30)20-7-3-2-4-8-20/h2-13,19H,14-16H2,1H3. The number of hydrogen-bond donors (Lipinski definition) is 0. The fourth-order valence-corrected chi connectivity index (χ4v) is 5.10. The zero-order valence-electron chi connectivity index (χ0n) is 17.8. The van der Waals surface area contributed by atoms with E-state index in [0.29, 0.717) is 17.9 Å². The summed E-state index contributed by atoms with van der Waals surface area (Å²) in [4.78, 5) is 5.61. The Balaban J connectivity index is 1.59. The van der Waals surface area contributed by atoms with Gasteiger partial charge in [0.1, 0.15) is 23.5 Å². The number of halogens is 2. The first-order valence-corrected chi connectivity index (χ1v) is 11.7. The van der Waals surface area contributed by atoms with E-state index in [0.717, 1.165) is 22.0 Å². The number of nitrogens with zero attached hydrogens (tertiary/aromatic N) is 2. The zero-order chi connectivity index (χ0) is 23.4. The molecule has 0 aliphatic carbocycles. The molecule has 0 bridgehead atoms. The van der Waals surface area contributed by atoms with E-state index in [4.69, 9.17) is 9.57 Å². The van der Waals surface area contributed by atoms with Crippen molar-refractivity contribution in [2.75, 3.05) is 13.7 Å². The van der Waals surface area contributed by atoms with Gasteiger partial charge in [-0.1, -0.05) is 41.6 Å². The van der Waals surface area contributed by atoms with Gasteiger partial charge in [0.15, 0.2) is 0 Å². The van der Waals surface area contributed by atoms with Crippen LogP contribution in [0.1, 0.15) is 17.5 Å². The van der Waals surface area contributed by atoms with Gasteiger partial charge in [0.05, 0.1) is 24.3 Å². The molecule has 1 atom stereocenters. The van der Waals surface area contributed by atoms with Crippen LogP contribution in [0.15, 0.2) is 82.8 Å². The van der Waals surface area contributed by atoms with Crippen molar-refractivity contribution in [3.05, 3.63) is 95.6 Å². The lowest BCUT2D eigenvalue weighted by Crippen LogP contribution is -2.37. The van der Waals surface area contributed by atoms with Crippen LogP contribution in [0.5, 0.6) is 5.75 Å². The fourth-order valence-electron chi connectivity index (χ4n) is 3.62. The minimum Gasteiger partial charge on any atom is -0.496 e. The highest BCUT2D eigenvalue weighted by atomic mass is 32.2. The molecule has 9 heteroatoms. The molecule has 3 aromatic carbocycles. The van der Waals surface area contributed by atoms with Crippen LogP contribution in [0.2, 0.25) is 0 Å². The van der Waals surface area contributed by atoms with Crippen molar-refractivity contribution in [1.82, 2.24) is 4.31 Å². The lowest BCUT2D eigenvalue weighted by molar-refractivity contribution is 0.0692. The highest BCUT2D eigenvalue weighted by Crippen LogP contribution is 2.27. The molecular formula is C24H22F2N2O4S. The summed E-state index contributed by atoms with van der Waals surface area (Å²) in [5.41, 5.74) is 1.44. The average molecular weight is 473 g/mol. The van der Waals surface area contributed by atoms with Gasteiger partial charge in [-0.05, 0) is 30.3 Å². The van der Waals surface area contributed by atoms with Crippen LogP contribution in [-0.4, -0.2) is 38.2 Å². The number of hydrogen-bond acceptors (Lipinski definition) is 5. The number of benzene rings is 3. The van der Waals surface area contributed by atoms with Crippen LogP contribution in [0, 0.1) is 11.6 Å². The first-order chi connectivity index (χ1) is 15.9. The van der Waals surface area contributed by atoms with Crippen LogP contribution >= 0.6 is 0 Å². The maximum absolute atomic E-state index is 14.4. The molecule has 0 saturated heterocycles. The molecule has 33 heavy (non-hydrogen) atoms. The van der Waals surface area contributed by atoms with Crippen LogP contribution < -0.4 is 4.74 Å². The second-order valence-corrected chi connectivity index (χ2v) is 9.45. The third kappa shape index (κ3) is 5.04. The Morgan fingerprint density at radius 3 is 2.52 bits per heavy atom. The Kier molecular flexibility index (Phi) is 6.71.